The van der Waals surface area contributed by atoms with E-state index >= 15 is 0 Å². The van der Waals surface area contributed by atoms with Gasteiger partial charge >= 0.3 is 0 Å². The normalized spacial score (nSPS) is 10.8. The van der Waals surface area contributed by atoms with Crippen LogP contribution in [0.2, 0.25) is 0 Å². The average Bonchev–Trinajstić information content (AvgIpc) is 3.01. The molecular weight excluding hydrogens is 294 g/mol. The molecule has 0 atom stereocenters. The zero-order valence-corrected chi connectivity index (χ0v) is 14.1. The monoisotopic (exact) mass is 319 g/mol. The maximum absolute atomic E-state index is 9.58. The molecule has 0 aliphatic heterocycles. The molecule has 0 amide bonds. The van der Waals surface area contributed by atoms with Gasteiger partial charge in [0.25, 0.3) is 0 Å². The Labute approximate surface area is 137 Å². The van der Waals surface area contributed by atoms with Crippen molar-refractivity contribution in [2.24, 2.45) is 0 Å². The van der Waals surface area contributed by atoms with Crippen LogP contribution in [-0.4, -0.2) is 34.3 Å². The molecule has 0 aliphatic rings. The van der Waals surface area contributed by atoms with Crippen molar-refractivity contribution in [3.63, 3.8) is 0 Å². The molecule has 126 valence electrons. The molecule has 0 spiro atoms. The second-order valence-electron chi connectivity index (χ2n) is 5.43. The fourth-order valence-corrected chi connectivity index (χ4v) is 2.56. The summed E-state index contributed by atoms with van der Waals surface area (Å²) in [5.41, 5.74) is 2.27. The number of hydrogen-bond donors (Lipinski definition) is 1. The van der Waals surface area contributed by atoms with Gasteiger partial charge in [-0.1, -0.05) is 31.4 Å². The van der Waals surface area contributed by atoms with Gasteiger partial charge in [0.15, 0.2) is 0 Å². The maximum Gasteiger partial charge on any atom is 0.123 e. The number of rotatable bonds is 9. The molecule has 0 unspecified atom stereocenters. The van der Waals surface area contributed by atoms with Crippen LogP contribution in [-0.2, 0) is 13.2 Å². The van der Waals surface area contributed by atoms with Crippen molar-refractivity contribution >= 4 is 0 Å². The Hall–Kier alpha value is -2.08. The summed E-state index contributed by atoms with van der Waals surface area (Å²) in [7, 11) is 3.23. The van der Waals surface area contributed by atoms with E-state index in [9.17, 15) is 5.11 Å². The van der Waals surface area contributed by atoms with Crippen molar-refractivity contribution < 1.29 is 14.6 Å². The van der Waals surface area contributed by atoms with Gasteiger partial charge in [-0.15, -0.1) is 5.10 Å². The zero-order chi connectivity index (χ0) is 16.7. The number of methoxy groups -OCH3 is 2. The smallest absolute Gasteiger partial charge is 0.123 e. The van der Waals surface area contributed by atoms with Gasteiger partial charge in [-0.2, -0.15) is 0 Å². The number of unbranched alkanes of at least 4 members (excludes halogenated alkanes) is 3. The second-order valence-corrected chi connectivity index (χ2v) is 5.43. The molecular formula is C17H25N3O3. The van der Waals surface area contributed by atoms with E-state index in [0.717, 1.165) is 30.6 Å². The van der Waals surface area contributed by atoms with Crippen LogP contribution in [0.25, 0.3) is 11.3 Å². The Morgan fingerprint density at radius 1 is 1.04 bits per heavy atom. The van der Waals surface area contributed by atoms with E-state index < -0.39 is 0 Å². The van der Waals surface area contributed by atoms with E-state index in [1.807, 2.05) is 22.9 Å². The van der Waals surface area contributed by atoms with Crippen LogP contribution < -0.4 is 9.47 Å². The molecule has 0 saturated heterocycles. The van der Waals surface area contributed by atoms with Crippen LogP contribution in [0.15, 0.2) is 18.2 Å². The van der Waals surface area contributed by atoms with Gasteiger partial charge in [-0.05, 0) is 18.6 Å². The highest BCUT2D eigenvalue weighted by Crippen LogP contribution is 2.31. The molecule has 23 heavy (non-hydrogen) atoms. The Bertz CT molecular complexity index is 603. The van der Waals surface area contributed by atoms with Crippen molar-refractivity contribution in [1.29, 1.82) is 0 Å². The minimum atomic E-state index is -0.149. The first-order valence-corrected chi connectivity index (χ1v) is 8.00. The lowest BCUT2D eigenvalue weighted by Crippen LogP contribution is -2.04. The number of ether oxygens (including phenoxy) is 2. The van der Waals surface area contributed by atoms with Gasteiger partial charge < -0.3 is 14.6 Å². The van der Waals surface area contributed by atoms with E-state index in [2.05, 4.69) is 17.2 Å². The lowest BCUT2D eigenvalue weighted by atomic mass is 10.1. The Morgan fingerprint density at radius 2 is 1.74 bits per heavy atom. The number of aromatic nitrogens is 3. The number of hydrogen-bond acceptors (Lipinski definition) is 5. The van der Waals surface area contributed by atoms with Crippen LogP contribution >= 0.6 is 0 Å². The van der Waals surface area contributed by atoms with E-state index in [1.54, 1.807) is 14.2 Å². The summed E-state index contributed by atoms with van der Waals surface area (Å²) in [6.45, 7) is 2.82. The predicted molar refractivity (Wildman–Crippen MR) is 88.6 cm³/mol. The van der Waals surface area contributed by atoms with Crippen molar-refractivity contribution in [1.82, 2.24) is 15.0 Å². The molecule has 6 nitrogen and oxygen atoms in total. The van der Waals surface area contributed by atoms with E-state index in [0.29, 0.717) is 17.2 Å². The maximum atomic E-state index is 9.58. The molecule has 0 saturated carbocycles. The van der Waals surface area contributed by atoms with E-state index in [1.165, 1.54) is 12.8 Å². The molecule has 6 heteroatoms. The van der Waals surface area contributed by atoms with Crippen molar-refractivity contribution in [3.8, 4) is 22.8 Å². The first-order valence-electron chi connectivity index (χ1n) is 8.00. The van der Waals surface area contributed by atoms with E-state index in [-0.39, 0.29) is 6.61 Å². The molecule has 0 radical (unpaired) electrons. The number of aliphatic hydroxyl groups is 1. The first-order chi connectivity index (χ1) is 11.2. The summed E-state index contributed by atoms with van der Waals surface area (Å²) < 4.78 is 12.5. The fraction of sp³-hybridized carbons (Fsp3) is 0.529. The van der Waals surface area contributed by atoms with Gasteiger partial charge in [0.2, 0.25) is 0 Å². The Kier molecular flexibility index (Phi) is 6.40. The highest BCUT2D eigenvalue weighted by atomic mass is 16.5. The van der Waals surface area contributed by atoms with Crippen LogP contribution in [0, 0.1) is 0 Å². The van der Waals surface area contributed by atoms with Crippen molar-refractivity contribution in [2.45, 2.75) is 45.8 Å². The molecule has 1 aromatic carbocycles. The number of aliphatic hydroxyl groups excluding tert-OH is 1. The average molecular weight is 319 g/mol. The minimum Gasteiger partial charge on any atom is -0.497 e. The predicted octanol–water partition coefficient (Wildman–Crippen LogP) is 3.03. The summed E-state index contributed by atoms with van der Waals surface area (Å²) >= 11 is 0. The van der Waals surface area contributed by atoms with Crippen LogP contribution in [0.1, 0.15) is 38.3 Å². The highest BCUT2D eigenvalue weighted by Gasteiger charge is 2.16. The highest BCUT2D eigenvalue weighted by molar-refractivity contribution is 5.66. The van der Waals surface area contributed by atoms with Crippen molar-refractivity contribution in [3.05, 3.63) is 23.9 Å². The third-order valence-corrected chi connectivity index (χ3v) is 3.80. The molecule has 0 bridgehead atoms. The Morgan fingerprint density at radius 3 is 2.30 bits per heavy atom. The summed E-state index contributed by atoms with van der Waals surface area (Å²) in [6, 6.07) is 5.63. The zero-order valence-electron chi connectivity index (χ0n) is 14.1. The summed E-state index contributed by atoms with van der Waals surface area (Å²) in [5.74, 6) is 1.39. The van der Waals surface area contributed by atoms with Crippen LogP contribution in [0.5, 0.6) is 11.5 Å². The van der Waals surface area contributed by atoms with E-state index in [4.69, 9.17) is 9.47 Å². The van der Waals surface area contributed by atoms with Gasteiger partial charge in [-0.3, -0.25) is 0 Å². The third kappa shape index (κ3) is 4.22. The molecule has 0 fully saturated rings. The van der Waals surface area contributed by atoms with Gasteiger partial charge in [-0.25, -0.2) is 4.68 Å². The molecule has 0 aliphatic carbocycles. The summed E-state index contributed by atoms with van der Waals surface area (Å²) in [5, 5.41) is 17.9. The number of aryl methyl sites for hydroxylation is 1. The van der Waals surface area contributed by atoms with Crippen LogP contribution in [0.3, 0.4) is 0 Å². The molecule has 1 N–H and O–H groups in total. The fourth-order valence-electron chi connectivity index (χ4n) is 2.56. The standard InChI is InChI=1S/C17H25N3O3/c1-4-5-6-7-8-20-17(16(12-21)18-19-20)13-9-14(22-2)11-15(10-13)23-3/h9-11,21H,4-8,12H2,1-3H3. The Balaban J connectivity index is 2.35. The first kappa shape index (κ1) is 17.3. The number of benzene rings is 1. The van der Waals surface area contributed by atoms with Gasteiger partial charge in [0.05, 0.1) is 26.5 Å². The summed E-state index contributed by atoms with van der Waals surface area (Å²) in [6.07, 6.45) is 4.60. The lowest BCUT2D eigenvalue weighted by Gasteiger charge is -2.11. The van der Waals surface area contributed by atoms with Gasteiger partial charge in [0, 0.05) is 18.2 Å². The topological polar surface area (TPSA) is 69.4 Å². The molecule has 2 aromatic rings. The molecule has 2 rings (SSSR count). The minimum absolute atomic E-state index is 0.149. The lowest BCUT2D eigenvalue weighted by molar-refractivity contribution is 0.277. The van der Waals surface area contributed by atoms with Crippen molar-refractivity contribution in [2.75, 3.05) is 14.2 Å². The SMILES string of the molecule is CCCCCCn1nnc(CO)c1-c1cc(OC)cc(OC)c1. The third-order valence-electron chi connectivity index (χ3n) is 3.80. The summed E-state index contributed by atoms with van der Waals surface area (Å²) in [4.78, 5) is 0. The van der Waals surface area contributed by atoms with Gasteiger partial charge in [0.1, 0.15) is 17.2 Å². The largest absolute Gasteiger partial charge is 0.497 e. The molecule has 1 aromatic heterocycles. The number of nitrogens with zero attached hydrogens (tertiary/aromatic N) is 3. The second kappa shape index (κ2) is 8.53. The quantitative estimate of drug-likeness (QED) is 0.719. The van der Waals surface area contributed by atoms with Crippen LogP contribution in [0.4, 0.5) is 0 Å². The molecule has 1 heterocycles.